The first-order valence-corrected chi connectivity index (χ1v) is 7.17. The summed E-state index contributed by atoms with van der Waals surface area (Å²) in [6, 6.07) is 14.7. The lowest BCUT2D eigenvalue weighted by atomic mass is 10.1. The van der Waals surface area contributed by atoms with Gasteiger partial charge in [-0.3, -0.25) is 9.69 Å². The van der Waals surface area contributed by atoms with Gasteiger partial charge >= 0.3 is 0 Å². The van der Waals surface area contributed by atoms with Gasteiger partial charge < -0.3 is 9.47 Å². The van der Waals surface area contributed by atoms with Gasteiger partial charge in [-0.25, -0.2) is 0 Å². The van der Waals surface area contributed by atoms with Gasteiger partial charge in [0.1, 0.15) is 11.5 Å². The molecule has 4 nitrogen and oxygen atoms in total. The zero-order valence-electron chi connectivity index (χ0n) is 13.5. The Hall–Kier alpha value is -3.50. The number of benzene rings is 2. The first-order valence-electron chi connectivity index (χ1n) is 7.17. The van der Waals surface area contributed by atoms with Crippen molar-refractivity contribution in [3.63, 3.8) is 0 Å². The molecule has 2 aromatic rings. The van der Waals surface area contributed by atoms with Gasteiger partial charge in [-0.05, 0) is 35.4 Å². The van der Waals surface area contributed by atoms with Crippen molar-refractivity contribution in [3.8, 4) is 11.5 Å². The third-order valence-corrected chi connectivity index (χ3v) is 3.34. The van der Waals surface area contributed by atoms with Crippen LogP contribution >= 0.6 is 0 Å². The molecule has 0 aliphatic rings. The third kappa shape index (κ3) is 4.25. The smallest absolute Gasteiger partial charge is 0.195 e. The van der Waals surface area contributed by atoms with Crippen molar-refractivity contribution >= 4 is 12.2 Å². The SMILES string of the molecule is [C-]#[N+]C(=Cc1ccc(OC)cc1)C(=Cc1ccc(OC)cc1)[N+]#[C-]. The Morgan fingerprint density at radius 2 is 1.04 bits per heavy atom. The molecule has 2 aromatic carbocycles. The molecule has 0 aromatic heterocycles. The van der Waals surface area contributed by atoms with E-state index in [0.29, 0.717) is 11.4 Å². The number of nitrogens with zero attached hydrogens (tertiary/aromatic N) is 2. The Balaban J connectivity index is 2.34. The highest BCUT2D eigenvalue weighted by Gasteiger charge is 2.06. The number of ether oxygens (including phenoxy) is 2. The van der Waals surface area contributed by atoms with E-state index < -0.39 is 0 Å². The lowest BCUT2D eigenvalue weighted by Crippen LogP contribution is -1.85. The Morgan fingerprint density at radius 3 is 1.29 bits per heavy atom. The normalized spacial score (nSPS) is 11.3. The van der Waals surface area contributed by atoms with E-state index in [1.165, 1.54) is 0 Å². The van der Waals surface area contributed by atoms with Crippen molar-refractivity contribution in [2.75, 3.05) is 14.2 Å². The van der Waals surface area contributed by atoms with Crippen molar-refractivity contribution < 1.29 is 9.47 Å². The first kappa shape index (κ1) is 16.9. The van der Waals surface area contributed by atoms with Crippen LogP contribution in [0, 0.1) is 13.1 Å². The predicted octanol–water partition coefficient (Wildman–Crippen LogP) is 4.92. The first-order chi connectivity index (χ1) is 11.7. The minimum atomic E-state index is 0.297. The monoisotopic (exact) mass is 316 g/mol. The molecule has 118 valence electrons. The molecule has 0 aliphatic carbocycles. The average molecular weight is 316 g/mol. The van der Waals surface area contributed by atoms with Crippen LogP contribution in [0.2, 0.25) is 0 Å². The zero-order valence-corrected chi connectivity index (χ0v) is 13.5. The van der Waals surface area contributed by atoms with E-state index in [0.717, 1.165) is 22.6 Å². The lowest BCUT2D eigenvalue weighted by Gasteiger charge is -2.02. The van der Waals surface area contributed by atoms with E-state index in [1.54, 1.807) is 26.4 Å². The van der Waals surface area contributed by atoms with Crippen molar-refractivity contribution in [3.05, 3.63) is 93.9 Å². The predicted molar refractivity (Wildman–Crippen MR) is 95.1 cm³/mol. The number of hydrogen-bond acceptors (Lipinski definition) is 2. The summed E-state index contributed by atoms with van der Waals surface area (Å²) in [5.74, 6) is 1.49. The van der Waals surface area contributed by atoms with Crippen LogP contribution in [-0.2, 0) is 0 Å². The molecular weight excluding hydrogens is 300 g/mol. The Bertz CT molecular complexity index is 760. The summed E-state index contributed by atoms with van der Waals surface area (Å²) in [6.07, 6.45) is 3.39. The van der Waals surface area contributed by atoms with Crippen LogP contribution in [0.5, 0.6) is 11.5 Å². The summed E-state index contributed by atoms with van der Waals surface area (Å²) in [5.41, 5.74) is 2.27. The van der Waals surface area contributed by atoms with Crippen LogP contribution in [0.1, 0.15) is 11.1 Å². The average Bonchev–Trinajstić information content (AvgIpc) is 2.65. The molecule has 2 rings (SSSR count). The summed E-state index contributed by atoms with van der Waals surface area (Å²) >= 11 is 0. The maximum Gasteiger partial charge on any atom is 0.195 e. The molecule has 0 unspecified atom stereocenters. The molecule has 0 heterocycles. The second-order valence-electron chi connectivity index (χ2n) is 4.83. The number of rotatable bonds is 5. The highest BCUT2D eigenvalue weighted by molar-refractivity contribution is 5.69. The highest BCUT2D eigenvalue weighted by Crippen LogP contribution is 2.22. The van der Waals surface area contributed by atoms with E-state index >= 15 is 0 Å². The molecule has 0 radical (unpaired) electrons. The fourth-order valence-electron chi connectivity index (χ4n) is 2.04. The Morgan fingerprint density at radius 1 is 0.708 bits per heavy atom. The van der Waals surface area contributed by atoms with E-state index in [1.807, 2.05) is 48.5 Å². The van der Waals surface area contributed by atoms with Crippen LogP contribution in [-0.4, -0.2) is 14.2 Å². The van der Waals surface area contributed by atoms with Crippen molar-refractivity contribution in [1.29, 1.82) is 0 Å². The molecular formula is C20H16N2O2. The summed E-state index contributed by atoms with van der Waals surface area (Å²) in [5, 5.41) is 0. The molecule has 0 aliphatic heterocycles. The van der Waals surface area contributed by atoms with Gasteiger partial charge in [-0.15, -0.1) is 0 Å². The summed E-state index contributed by atoms with van der Waals surface area (Å²) < 4.78 is 10.2. The fourth-order valence-corrected chi connectivity index (χ4v) is 2.04. The number of hydrogen-bond donors (Lipinski definition) is 0. The quantitative estimate of drug-likeness (QED) is 0.578. The highest BCUT2D eigenvalue weighted by atomic mass is 16.5. The molecule has 4 heteroatoms. The van der Waals surface area contributed by atoms with E-state index in [-0.39, 0.29) is 0 Å². The van der Waals surface area contributed by atoms with Crippen molar-refractivity contribution in [2.24, 2.45) is 0 Å². The van der Waals surface area contributed by atoms with Crippen molar-refractivity contribution in [1.82, 2.24) is 0 Å². The van der Waals surface area contributed by atoms with Crippen LogP contribution in [0.25, 0.3) is 21.8 Å². The molecule has 24 heavy (non-hydrogen) atoms. The lowest BCUT2D eigenvalue weighted by molar-refractivity contribution is 0.414. The third-order valence-electron chi connectivity index (χ3n) is 3.34. The van der Waals surface area contributed by atoms with Crippen molar-refractivity contribution in [2.45, 2.75) is 0 Å². The molecule has 0 bridgehead atoms. The van der Waals surface area contributed by atoms with Crippen LogP contribution < -0.4 is 9.47 Å². The number of methoxy groups -OCH3 is 2. The second-order valence-corrected chi connectivity index (χ2v) is 4.83. The van der Waals surface area contributed by atoms with Gasteiger partial charge in [0.15, 0.2) is 11.4 Å². The van der Waals surface area contributed by atoms with Gasteiger partial charge in [-0.1, -0.05) is 36.4 Å². The standard InChI is InChI=1S/C20H16N2O2/c1-21-19(13-15-5-9-17(23-3)10-6-15)20(22-2)14-16-7-11-18(24-4)12-8-16/h5-14H,3-4H3. The van der Waals surface area contributed by atoms with Gasteiger partial charge in [0.25, 0.3) is 0 Å². The molecule has 0 atom stereocenters. The summed E-state index contributed by atoms with van der Waals surface area (Å²) in [6.45, 7) is 14.8. The Labute approximate surface area is 141 Å². The fraction of sp³-hybridized carbons (Fsp3) is 0.100. The second kappa shape index (κ2) is 8.22. The van der Waals surface area contributed by atoms with Gasteiger partial charge in [-0.2, -0.15) is 0 Å². The molecule has 0 fully saturated rings. The zero-order chi connectivity index (χ0) is 17.4. The summed E-state index contributed by atoms with van der Waals surface area (Å²) in [7, 11) is 3.20. The Kier molecular flexibility index (Phi) is 5.77. The molecule has 0 N–H and O–H groups in total. The molecule has 0 spiro atoms. The topological polar surface area (TPSA) is 27.2 Å². The molecule has 0 saturated carbocycles. The van der Waals surface area contributed by atoms with E-state index in [4.69, 9.17) is 22.6 Å². The summed E-state index contributed by atoms with van der Waals surface area (Å²) in [4.78, 5) is 7.00. The van der Waals surface area contributed by atoms with E-state index in [9.17, 15) is 0 Å². The molecule has 0 amide bonds. The molecule has 0 saturated heterocycles. The van der Waals surface area contributed by atoms with Gasteiger partial charge in [0.05, 0.1) is 27.4 Å². The maximum absolute atomic E-state index is 7.38. The minimum Gasteiger partial charge on any atom is -0.497 e. The largest absolute Gasteiger partial charge is 0.497 e. The van der Waals surface area contributed by atoms with Crippen LogP contribution in [0.3, 0.4) is 0 Å². The van der Waals surface area contributed by atoms with E-state index in [2.05, 4.69) is 9.69 Å². The van der Waals surface area contributed by atoms with Gasteiger partial charge in [0.2, 0.25) is 0 Å². The minimum absolute atomic E-state index is 0.297. The van der Waals surface area contributed by atoms with Gasteiger partial charge in [0, 0.05) is 0 Å². The van der Waals surface area contributed by atoms with Crippen LogP contribution in [0.4, 0.5) is 0 Å². The van der Waals surface area contributed by atoms with Crippen LogP contribution in [0.15, 0.2) is 59.9 Å². The maximum atomic E-state index is 7.38.